The third kappa shape index (κ3) is 4.79. The van der Waals surface area contributed by atoms with Crippen molar-refractivity contribution in [2.24, 2.45) is 0 Å². The first kappa shape index (κ1) is 15.8. The molecule has 20 heavy (non-hydrogen) atoms. The summed E-state index contributed by atoms with van der Waals surface area (Å²) < 4.78 is 10.0. The van der Waals surface area contributed by atoms with Crippen molar-refractivity contribution in [1.82, 2.24) is 5.32 Å². The molecule has 6 heteroatoms. The molecule has 0 fully saturated rings. The van der Waals surface area contributed by atoms with Crippen LogP contribution in [0, 0.1) is 0 Å². The summed E-state index contributed by atoms with van der Waals surface area (Å²) in [6, 6.07) is 5.24. The Morgan fingerprint density at radius 3 is 2.15 bits per heavy atom. The van der Waals surface area contributed by atoms with Crippen LogP contribution in [0.3, 0.4) is 0 Å². The van der Waals surface area contributed by atoms with Crippen LogP contribution in [0.4, 0.5) is 4.79 Å². The Kier molecular flexibility index (Phi) is 4.96. The van der Waals surface area contributed by atoms with Crippen LogP contribution in [0.15, 0.2) is 24.3 Å². The van der Waals surface area contributed by atoms with Gasteiger partial charge in [0.1, 0.15) is 11.4 Å². The van der Waals surface area contributed by atoms with E-state index < -0.39 is 23.7 Å². The number of alkyl carbamates (subject to hydrolysis) is 1. The van der Waals surface area contributed by atoms with Crippen molar-refractivity contribution >= 4 is 12.1 Å². The third-order valence-corrected chi connectivity index (χ3v) is 2.36. The van der Waals surface area contributed by atoms with Gasteiger partial charge in [0, 0.05) is 0 Å². The smallest absolute Gasteiger partial charge is 0.408 e. The van der Waals surface area contributed by atoms with Crippen molar-refractivity contribution in [3.8, 4) is 5.75 Å². The maximum Gasteiger partial charge on any atom is 0.408 e. The molecule has 1 atom stereocenters. The molecule has 1 unspecified atom stereocenters. The van der Waals surface area contributed by atoms with E-state index in [4.69, 9.17) is 9.47 Å². The first-order chi connectivity index (χ1) is 9.23. The lowest BCUT2D eigenvalue weighted by molar-refractivity contribution is -0.139. The Morgan fingerprint density at radius 2 is 1.75 bits per heavy atom. The fraction of sp³-hybridized carbons (Fsp3) is 0.429. The Hall–Kier alpha value is -2.24. The van der Waals surface area contributed by atoms with E-state index >= 15 is 0 Å². The monoisotopic (exact) mass is 281 g/mol. The van der Waals surface area contributed by atoms with Crippen molar-refractivity contribution in [3.05, 3.63) is 29.8 Å². The van der Waals surface area contributed by atoms with Gasteiger partial charge in [0.15, 0.2) is 6.04 Å². The molecule has 0 saturated carbocycles. The number of carboxylic acids is 1. The Balaban J connectivity index is 2.83. The highest BCUT2D eigenvalue weighted by Crippen LogP contribution is 2.18. The maximum absolute atomic E-state index is 11.6. The molecule has 0 bridgehead atoms. The lowest BCUT2D eigenvalue weighted by atomic mass is 10.1. The molecular formula is C14H19NO5. The molecule has 0 radical (unpaired) electrons. The summed E-state index contributed by atoms with van der Waals surface area (Å²) in [5, 5.41) is 11.5. The molecule has 0 aliphatic carbocycles. The van der Waals surface area contributed by atoms with Crippen molar-refractivity contribution < 1.29 is 24.2 Å². The van der Waals surface area contributed by atoms with Gasteiger partial charge in [0.05, 0.1) is 7.11 Å². The minimum absolute atomic E-state index is 0.434. The first-order valence-corrected chi connectivity index (χ1v) is 6.09. The van der Waals surface area contributed by atoms with E-state index in [1.165, 1.54) is 7.11 Å². The lowest BCUT2D eigenvalue weighted by Gasteiger charge is -2.22. The Labute approximate surface area is 117 Å². The minimum Gasteiger partial charge on any atom is -0.497 e. The van der Waals surface area contributed by atoms with E-state index in [0.29, 0.717) is 11.3 Å². The summed E-state index contributed by atoms with van der Waals surface area (Å²) in [5.74, 6) is -0.559. The number of hydrogen-bond acceptors (Lipinski definition) is 4. The van der Waals surface area contributed by atoms with Gasteiger partial charge in [0.25, 0.3) is 0 Å². The molecule has 0 aromatic heterocycles. The van der Waals surface area contributed by atoms with E-state index in [1.807, 2.05) is 0 Å². The second-order valence-electron chi connectivity index (χ2n) is 5.19. The van der Waals surface area contributed by atoms with Gasteiger partial charge in [0.2, 0.25) is 0 Å². The predicted molar refractivity (Wildman–Crippen MR) is 72.7 cm³/mol. The molecule has 0 saturated heterocycles. The number of amides is 1. The Morgan fingerprint density at radius 1 is 1.20 bits per heavy atom. The SMILES string of the molecule is COc1ccc(C(NC(=O)OC(C)(C)C)C(=O)O)cc1. The molecule has 0 heterocycles. The minimum atomic E-state index is -1.17. The zero-order valence-corrected chi connectivity index (χ0v) is 12.0. The van der Waals surface area contributed by atoms with Crippen LogP contribution in [-0.4, -0.2) is 29.9 Å². The molecule has 6 nitrogen and oxygen atoms in total. The van der Waals surface area contributed by atoms with Crippen molar-refractivity contribution in [2.75, 3.05) is 7.11 Å². The molecule has 2 N–H and O–H groups in total. The van der Waals surface area contributed by atoms with E-state index in [0.717, 1.165) is 0 Å². The largest absolute Gasteiger partial charge is 0.497 e. The summed E-state index contributed by atoms with van der Waals surface area (Å²) in [4.78, 5) is 22.9. The average molecular weight is 281 g/mol. The fourth-order valence-corrected chi connectivity index (χ4v) is 1.51. The molecule has 110 valence electrons. The predicted octanol–water partition coefficient (Wildman–Crippen LogP) is 2.35. The summed E-state index contributed by atoms with van der Waals surface area (Å²) >= 11 is 0. The molecule has 0 aliphatic heterocycles. The van der Waals surface area contributed by atoms with Gasteiger partial charge in [-0.1, -0.05) is 12.1 Å². The van der Waals surface area contributed by atoms with Gasteiger partial charge < -0.3 is 19.9 Å². The van der Waals surface area contributed by atoms with Crippen LogP contribution in [0.25, 0.3) is 0 Å². The highest BCUT2D eigenvalue weighted by Gasteiger charge is 2.25. The number of carbonyl (C=O) groups is 2. The lowest BCUT2D eigenvalue weighted by Crippen LogP contribution is -2.38. The second-order valence-corrected chi connectivity index (χ2v) is 5.19. The maximum atomic E-state index is 11.6. The standard InChI is InChI=1S/C14H19NO5/c1-14(2,3)20-13(18)15-11(12(16)17)9-5-7-10(19-4)8-6-9/h5-8,11H,1-4H3,(H,15,18)(H,16,17). The first-order valence-electron chi connectivity index (χ1n) is 6.09. The Bertz CT molecular complexity index is 475. The number of ether oxygens (including phenoxy) is 2. The summed E-state index contributed by atoms with van der Waals surface area (Å²) in [7, 11) is 1.52. The topological polar surface area (TPSA) is 84.9 Å². The van der Waals surface area contributed by atoms with Gasteiger partial charge >= 0.3 is 12.1 Å². The van der Waals surface area contributed by atoms with Gasteiger partial charge in [-0.05, 0) is 38.5 Å². The fourth-order valence-electron chi connectivity index (χ4n) is 1.51. The zero-order valence-electron chi connectivity index (χ0n) is 12.0. The van der Waals surface area contributed by atoms with E-state index in [-0.39, 0.29) is 0 Å². The van der Waals surface area contributed by atoms with Crippen molar-refractivity contribution in [1.29, 1.82) is 0 Å². The summed E-state index contributed by atoms with van der Waals surface area (Å²) in [6.07, 6.45) is -0.777. The second kappa shape index (κ2) is 6.27. The molecule has 0 aliphatic rings. The van der Waals surface area contributed by atoms with Gasteiger partial charge in [-0.25, -0.2) is 9.59 Å². The average Bonchev–Trinajstić information content (AvgIpc) is 2.34. The van der Waals surface area contributed by atoms with Gasteiger partial charge in [-0.2, -0.15) is 0 Å². The number of carbonyl (C=O) groups excluding carboxylic acids is 1. The number of carboxylic acid groups (broad SMARTS) is 1. The molecule has 1 amide bonds. The third-order valence-electron chi connectivity index (χ3n) is 2.36. The number of rotatable bonds is 4. The quantitative estimate of drug-likeness (QED) is 0.884. The number of hydrogen-bond donors (Lipinski definition) is 2. The van der Waals surface area contributed by atoms with E-state index in [1.54, 1.807) is 45.0 Å². The number of benzene rings is 1. The molecule has 1 aromatic carbocycles. The normalized spacial score (nSPS) is 12.4. The van der Waals surface area contributed by atoms with Crippen LogP contribution in [-0.2, 0) is 9.53 Å². The zero-order chi connectivity index (χ0) is 15.3. The van der Waals surface area contributed by atoms with Gasteiger partial charge in [-0.3, -0.25) is 0 Å². The van der Waals surface area contributed by atoms with Crippen LogP contribution < -0.4 is 10.1 Å². The van der Waals surface area contributed by atoms with Crippen LogP contribution >= 0.6 is 0 Å². The molecule has 1 aromatic rings. The highest BCUT2D eigenvalue weighted by molar-refractivity contribution is 5.81. The molecule has 1 rings (SSSR count). The van der Waals surface area contributed by atoms with E-state index in [2.05, 4.69) is 5.32 Å². The van der Waals surface area contributed by atoms with E-state index in [9.17, 15) is 14.7 Å². The van der Waals surface area contributed by atoms with Crippen molar-refractivity contribution in [2.45, 2.75) is 32.4 Å². The number of nitrogens with one attached hydrogen (secondary N) is 1. The van der Waals surface area contributed by atoms with Gasteiger partial charge in [-0.15, -0.1) is 0 Å². The van der Waals surface area contributed by atoms with Crippen molar-refractivity contribution in [3.63, 3.8) is 0 Å². The summed E-state index contributed by atoms with van der Waals surface area (Å²) in [5.41, 5.74) is -0.253. The molecule has 0 spiro atoms. The highest BCUT2D eigenvalue weighted by atomic mass is 16.6. The number of aliphatic carboxylic acids is 1. The van der Waals surface area contributed by atoms with Crippen LogP contribution in [0.1, 0.15) is 32.4 Å². The number of methoxy groups -OCH3 is 1. The molecular weight excluding hydrogens is 262 g/mol. The van der Waals surface area contributed by atoms with Crippen LogP contribution in [0.5, 0.6) is 5.75 Å². The summed E-state index contributed by atoms with van der Waals surface area (Å²) in [6.45, 7) is 5.11. The van der Waals surface area contributed by atoms with Crippen LogP contribution in [0.2, 0.25) is 0 Å².